The molecule has 0 spiro atoms. The lowest BCUT2D eigenvalue weighted by molar-refractivity contribution is 0.0992. The van der Waals surface area contributed by atoms with Crippen molar-refractivity contribution in [3.05, 3.63) is 107 Å². The number of ether oxygens (including phenoxy) is 1. The number of halogens is 1. The van der Waals surface area contributed by atoms with Crippen molar-refractivity contribution in [2.45, 2.75) is 23.3 Å². The van der Waals surface area contributed by atoms with Gasteiger partial charge in [-0.2, -0.15) is 0 Å². The molecule has 1 N–H and O–H groups in total. The number of rotatable bonds is 7. The molecule has 4 nitrogen and oxygen atoms in total. The molecular weight excluding hydrogens is 430 g/mol. The van der Waals surface area contributed by atoms with E-state index in [-0.39, 0.29) is 18.3 Å². The molecule has 0 saturated heterocycles. The average Bonchev–Trinajstić information content (AvgIpc) is 3.25. The molecule has 1 heterocycles. The number of amides is 1. The van der Waals surface area contributed by atoms with Gasteiger partial charge in [0.05, 0.1) is 5.69 Å². The van der Waals surface area contributed by atoms with Crippen LogP contribution in [0.25, 0.3) is 0 Å². The van der Waals surface area contributed by atoms with Crippen molar-refractivity contribution in [2.75, 3.05) is 5.32 Å². The Morgan fingerprint density at radius 3 is 2.52 bits per heavy atom. The molecule has 4 rings (SSSR count). The van der Waals surface area contributed by atoms with Crippen molar-refractivity contribution in [3.63, 3.8) is 0 Å². The summed E-state index contributed by atoms with van der Waals surface area (Å²) in [5, 5.41) is 3.62. The first-order valence-electron chi connectivity index (χ1n) is 9.69. The molecule has 0 fully saturated rings. The van der Waals surface area contributed by atoms with Gasteiger partial charge in [0.1, 0.15) is 18.1 Å². The van der Waals surface area contributed by atoms with Crippen LogP contribution in [0.3, 0.4) is 0 Å². The summed E-state index contributed by atoms with van der Waals surface area (Å²) < 4.78 is 11.5. The highest BCUT2D eigenvalue weighted by Gasteiger charge is 2.14. The Bertz CT molecular complexity index is 1190. The molecule has 31 heavy (non-hydrogen) atoms. The van der Waals surface area contributed by atoms with Gasteiger partial charge in [0.15, 0.2) is 5.76 Å². The van der Waals surface area contributed by atoms with Gasteiger partial charge in [-0.1, -0.05) is 53.7 Å². The van der Waals surface area contributed by atoms with Crippen molar-refractivity contribution in [1.29, 1.82) is 0 Å². The molecule has 0 saturated carbocycles. The summed E-state index contributed by atoms with van der Waals surface area (Å²) in [4.78, 5) is 14.7. The van der Waals surface area contributed by atoms with E-state index < -0.39 is 0 Å². The van der Waals surface area contributed by atoms with Gasteiger partial charge in [-0.25, -0.2) is 0 Å². The number of hydrogen-bond acceptors (Lipinski definition) is 4. The third-order valence-corrected chi connectivity index (χ3v) is 5.86. The summed E-state index contributed by atoms with van der Waals surface area (Å²) in [6.07, 6.45) is 0. The molecular formula is C25H20ClNO3S. The van der Waals surface area contributed by atoms with Crippen LogP contribution in [0.2, 0.25) is 5.02 Å². The predicted octanol–water partition coefficient (Wildman–Crippen LogP) is 7.22. The van der Waals surface area contributed by atoms with Crippen molar-refractivity contribution in [2.24, 2.45) is 0 Å². The van der Waals surface area contributed by atoms with E-state index >= 15 is 0 Å². The van der Waals surface area contributed by atoms with Crippen LogP contribution in [0.15, 0.2) is 99.1 Å². The smallest absolute Gasteiger partial charge is 0.291 e. The summed E-state index contributed by atoms with van der Waals surface area (Å²) in [5.41, 5.74) is 1.75. The fourth-order valence-electron chi connectivity index (χ4n) is 2.92. The summed E-state index contributed by atoms with van der Waals surface area (Å²) in [7, 11) is 0. The highest BCUT2D eigenvalue weighted by Crippen LogP contribution is 2.34. The molecule has 0 bridgehead atoms. The van der Waals surface area contributed by atoms with Crippen LogP contribution in [0.4, 0.5) is 5.69 Å². The lowest BCUT2D eigenvalue weighted by Gasteiger charge is -2.10. The lowest BCUT2D eigenvalue weighted by atomic mass is 10.2. The van der Waals surface area contributed by atoms with Crippen molar-refractivity contribution >= 4 is 35.0 Å². The molecule has 0 aliphatic heterocycles. The molecule has 0 radical (unpaired) electrons. The molecule has 3 aromatic carbocycles. The molecule has 156 valence electrons. The highest BCUT2D eigenvalue weighted by molar-refractivity contribution is 7.99. The second-order valence-corrected chi connectivity index (χ2v) is 8.38. The maximum Gasteiger partial charge on any atom is 0.291 e. The van der Waals surface area contributed by atoms with E-state index in [1.165, 1.54) is 0 Å². The Hall–Kier alpha value is -3.15. The summed E-state index contributed by atoms with van der Waals surface area (Å²) in [6.45, 7) is 2.23. The minimum Gasteiger partial charge on any atom is -0.485 e. The number of carbonyl (C=O) groups is 1. The Morgan fingerprint density at radius 1 is 0.968 bits per heavy atom. The Morgan fingerprint density at radius 2 is 1.71 bits per heavy atom. The third-order valence-electron chi connectivity index (χ3n) is 4.53. The first-order valence-corrected chi connectivity index (χ1v) is 10.9. The van der Waals surface area contributed by atoms with Gasteiger partial charge in [-0.3, -0.25) is 4.79 Å². The SMILES string of the molecule is Cc1ccccc1OCc1ccc(C(=O)Nc2ccccc2Sc2ccc(Cl)cc2)o1. The standard InChI is InChI=1S/C25H20ClNO3S/c1-17-6-2-4-8-22(17)29-16-19-12-15-23(30-19)25(28)27-21-7-3-5-9-24(21)31-20-13-10-18(26)11-14-20/h2-15H,16H2,1H3,(H,27,28). The van der Waals surface area contributed by atoms with Crippen LogP contribution >= 0.6 is 23.4 Å². The Kier molecular flexibility index (Phi) is 6.65. The molecule has 0 aliphatic rings. The number of furan rings is 1. The molecule has 1 aromatic heterocycles. The number of carbonyl (C=O) groups excluding carboxylic acids is 1. The second-order valence-electron chi connectivity index (χ2n) is 6.83. The van der Waals surface area contributed by atoms with Gasteiger partial charge >= 0.3 is 0 Å². The molecule has 4 aromatic rings. The Balaban J connectivity index is 1.42. The largest absolute Gasteiger partial charge is 0.485 e. The summed E-state index contributed by atoms with van der Waals surface area (Å²) in [6, 6.07) is 26.4. The van der Waals surface area contributed by atoms with E-state index in [4.69, 9.17) is 20.8 Å². The molecule has 0 atom stereocenters. The average molecular weight is 450 g/mol. The van der Waals surface area contributed by atoms with E-state index in [9.17, 15) is 4.79 Å². The van der Waals surface area contributed by atoms with Crippen molar-refractivity contribution < 1.29 is 13.9 Å². The number of anilines is 1. The maximum atomic E-state index is 12.7. The lowest BCUT2D eigenvalue weighted by Crippen LogP contribution is -2.11. The minimum absolute atomic E-state index is 0.231. The topological polar surface area (TPSA) is 51.5 Å². The van der Waals surface area contributed by atoms with Crippen molar-refractivity contribution in [1.82, 2.24) is 0 Å². The van der Waals surface area contributed by atoms with Gasteiger partial charge in [0, 0.05) is 14.8 Å². The van der Waals surface area contributed by atoms with E-state index in [2.05, 4.69) is 5.32 Å². The van der Waals surface area contributed by atoms with Crippen LogP contribution in [0.1, 0.15) is 21.9 Å². The van der Waals surface area contributed by atoms with Crippen LogP contribution in [-0.2, 0) is 6.61 Å². The second kappa shape index (κ2) is 9.77. The molecule has 6 heteroatoms. The van der Waals surface area contributed by atoms with Gasteiger partial charge < -0.3 is 14.5 Å². The van der Waals surface area contributed by atoms with E-state index in [1.807, 2.05) is 79.7 Å². The van der Waals surface area contributed by atoms with E-state index in [0.29, 0.717) is 16.5 Å². The van der Waals surface area contributed by atoms with Gasteiger partial charge in [0.2, 0.25) is 0 Å². The van der Waals surface area contributed by atoms with Gasteiger partial charge in [-0.15, -0.1) is 0 Å². The minimum atomic E-state index is -0.314. The number of hydrogen-bond donors (Lipinski definition) is 1. The highest BCUT2D eigenvalue weighted by atomic mass is 35.5. The van der Waals surface area contributed by atoms with E-state index in [0.717, 1.165) is 21.1 Å². The van der Waals surface area contributed by atoms with Crippen LogP contribution in [0.5, 0.6) is 5.75 Å². The zero-order valence-corrected chi connectivity index (χ0v) is 18.4. The number of nitrogens with one attached hydrogen (secondary N) is 1. The first-order chi connectivity index (χ1) is 15.1. The monoisotopic (exact) mass is 449 g/mol. The van der Waals surface area contributed by atoms with Crippen LogP contribution in [-0.4, -0.2) is 5.91 Å². The Labute approximate surface area is 190 Å². The fourth-order valence-corrected chi connectivity index (χ4v) is 3.94. The normalized spacial score (nSPS) is 10.6. The van der Waals surface area contributed by atoms with Crippen LogP contribution < -0.4 is 10.1 Å². The summed E-state index contributed by atoms with van der Waals surface area (Å²) >= 11 is 7.51. The zero-order valence-electron chi connectivity index (χ0n) is 16.8. The quantitative estimate of drug-likeness (QED) is 0.323. The van der Waals surface area contributed by atoms with Crippen molar-refractivity contribution in [3.8, 4) is 5.75 Å². The van der Waals surface area contributed by atoms with E-state index in [1.54, 1.807) is 23.9 Å². The summed E-state index contributed by atoms with van der Waals surface area (Å²) in [5.74, 6) is 1.29. The number of aryl methyl sites for hydroxylation is 1. The predicted molar refractivity (Wildman–Crippen MR) is 124 cm³/mol. The zero-order chi connectivity index (χ0) is 21.6. The number of benzene rings is 3. The molecule has 1 amide bonds. The molecule has 0 unspecified atom stereocenters. The fraction of sp³-hybridized carbons (Fsp3) is 0.0800. The third kappa shape index (κ3) is 5.51. The first kappa shape index (κ1) is 21.1. The van der Waals surface area contributed by atoms with Crippen LogP contribution in [0, 0.1) is 6.92 Å². The van der Waals surface area contributed by atoms with Gasteiger partial charge in [-0.05, 0) is 67.1 Å². The maximum absolute atomic E-state index is 12.7. The molecule has 0 aliphatic carbocycles. The van der Waals surface area contributed by atoms with Gasteiger partial charge in [0.25, 0.3) is 5.91 Å². The number of para-hydroxylation sites is 2.